The number of likely N-dealkylation sites (tertiary alicyclic amines) is 1. The number of nitrogens with two attached hydrogens (primary N) is 1. The van der Waals surface area contributed by atoms with E-state index in [4.69, 9.17) is 15.2 Å². The van der Waals surface area contributed by atoms with E-state index in [0.29, 0.717) is 6.54 Å². The molecule has 0 aliphatic carbocycles. The Morgan fingerprint density at radius 1 is 1.44 bits per heavy atom. The summed E-state index contributed by atoms with van der Waals surface area (Å²) in [6.45, 7) is 2.43. The number of para-hydroxylation sites is 1. The van der Waals surface area contributed by atoms with Crippen molar-refractivity contribution in [1.29, 1.82) is 0 Å². The Hall–Kier alpha value is -1.52. The van der Waals surface area contributed by atoms with Crippen molar-refractivity contribution in [3.8, 4) is 11.5 Å². The maximum atomic E-state index is 6.01. The van der Waals surface area contributed by atoms with Gasteiger partial charge in [-0.2, -0.15) is 0 Å². The minimum absolute atomic E-state index is 0.247. The second kappa shape index (κ2) is 5.89. The first-order chi connectivity index (χ1) is 8.74. The lowest BCUT2D eigenvalue weighted by Gasteiger charge is -2.36. The van der Waals surface area contributed by atoms with Crippen LogP contribution in [0, 0.1) is 0 Å². The number of methoxy groups -OCH3 is 1. The van der Waals surface area contributed by atoms with Crippen LogP contribution in [0.5, 0.6) is 11.5 Å². The third kappa shape index (κ3) is 2.83. The van der Waals surface area contributed by atoms with Gasteiger partial charge in [-0.25, -0.2) is 0 Å². The Morgan fingerprint density at radius 3 is 2.83 bits per heavy atom. The van der Waals surface area contributed by atoms with Crippen molar-refractivity contribution >= 4 is 6.08 Å². The van der Waals surface area contributed by atoms with Gasteiger partial charge in [0.25, 0.3) is 0 Å². The van der Waals surface area contributed by atoms with Gasteiger partial charge in [0.15, 0.2) is 11.5 Å². The summed E-state index contributed by atoms with van der Waals surface area (Å²) in [6, 6.07) is 5.87. The van der Waals surface area contributed by atoms with Crippen LogP contribution in [-0.4, -0.2) is 44.8 Å². The first kappa shape index (κ1) is 12.9. The van der Waals surface area contributed by atoms with Crippen LogP contribution >= 0.6 is 0 Å². The van der Waals surface area contributed by atoms with Crippen molar-refractivity contribution in [2.24, 2.45) is 5.73 Å². The fourth-order valence-corrected chi connectivity index (χ4v) is 2.03. The molecule has 1 aromatic rings. The highest BCUT2D eigenvalue weighted by atomic mass is 16.5. The van der Waals surface area contributed by atoms with Gasteiger partial charge in [0.1, 0.15) is 6.10 Å². The second-order valence-electron chi connectivity index (χ2n) is 4.48. The molecular formula is C14H20N2O2. The van der Waals surface area contributed by atoms with Gasteiger partial charge >= 0.3 is 0 Å². The molecule has 1 saturated heterocycles. The fraction of sp³-hybridized carbons (Fsp3) is 0.429. The topological polar surface area (TPSA) is 47.7 Å². The van der Waals surface area contributed by atoms with E-state index in [9.17, 15) is 0 Å². The number of rotatable bonds is 5. The van der Waals surface area contributed by atoms with Gasteiger partial charge in [-0.05, 0) is 13.1 Å². The maximum absolute atomic E-state index is 6.01. The largest absolute Gasteiger partial charge is 0.493 e. The summed E-state index contributed by atoms with van der Waals surface area (Å²) in [6.07, 6.45) is 4.13. The van der Waals surface area contributed by atoms with Gasteiger partial charge in [0.2, 0.25) is 0 Å². The highest BCUT2D eigenvalue weighted by Crippen LogP contribution is 2.33. The molecule has 1 aliphatic rings. The highest BCUT2D eigenvalue weighted by Gasteiger charge is 2.26. The Morgan fingerprint density at radius 2 is 2.22 bits per heavy atom. The molecule has 4 nitrogen and oxygen atoms in total. The van der Waals surface area contributed by atoms with E-state index < -0.39 is 0 Å². The van der Waals surface area contributed by atoms with Crippen LogP contribution in [0.25, 0.3) is 6.08 Å². The summed E-state index contributed by atoms with van der Waals surface area (Å²) in [5.41, 5.74) is 6.50. The molecule has 98 valence electrons. The lowest BCUT2D eigenvalue weighted by molar-refractivity contribution is 0.0368. The summed E-state index contributed by atoms with van der Waals surface area (Å²) >= 11 is 0. The van der Waals surface area contributed by atoms with E-state index in [1.165, 1.54) is 0 Å². The number of hydrogen-bond donors (Lipinski definition) is 1. The number of ether oxygens (including phenoxy) is 2. The molecule has 1 aromatic carbocycles. The minimum atomic E-state index is 0.247. The number of hydrogen-bond acceptors (Lipinski definition) is 4. The van der Waals surface area contributed by atoms with Gasteiger partial charge in [-0.1, -0.05) is 24.3 Å². The van der Waals surface area contributed by atoms with Crippen molar-refractivity contribution in [1.82, 2.24) is 4.90 Å². The molecule has 0 amide bonds. The summed E-state index contributed by atoms with van der Waals surface area (Å²) in [5.74, 6) is 1.58. The molecule has 0 aromatic heterocycles. The molecule has 0 saturated carbocycles. The summed E-state index contributed by atoms with van der Waals surface area (Å²) in [7, 11) is 3.74. The van der Waals surface area contributed by atoms with Gasteiger partial charge in [-0.15, -0.1) is 0 Å². The maximum Gasteiger partial charge on any atom is 0.168 e. The average Bonchev–Trinajstić information content (AvgIpc) is 2.35. The molecule has 18 heavy (non-hydrogen) atoms. The third-order valence-corrected chi connectivity index (χ3v) is 2.98. The van der Waals surface area contributed by atoms with Crippen LogP contribution < -0.4 is 15.2 Å². The molecule has 1 aliphatic heterocycles. The summed E-state index contributed by atoms with van der Waals surface area (Å²) < 4.78 is 11.4. The standard InChI is InChI=1S/C14H20N2O2/c1-16-9-12(10-16)18-14-11(6-4-8-15)5-3-7-13(14)17-2/h3-7,12H,8-10,15H2,1-2H3/b6-4+. The normalized spacial score (nSPS) is 16.8. The van der Waals surface area contributed by atoms with Crippen molar-refractivity contribution in [2.45, 2.75) is 6.10 Å². The molecule has 0 unspecified atom stereocenters. The van der Waals surface area contributed by atoms with Crippen molar-refractivity contribution < 1.29 is 9.47 Å². The Bertz CT molecular complexity index is 426. The Kier molecular flexibility index (Phi) is 4.23. The van der Waals surface area contributed by atoms with E-state index in [1.54, 1.807) is 7.11 Å². The minimum Gasteiger partial charge on any atom is -0.493 e. The molecule has 2 rings (SSSR count). The predicted molar refractivity (Wildman–Crippen MR) is 73.0 cm³/mol. The fourth-order valence-electron chi connectivity index (χ4n) is 2.03. The van der Waals surface area contributed by atoms with E-state index in [1.807, 2.05) is 30.4 Å². The lowest BCUT2D eigenvalue weighted by Crippen LogP contribution is -2.51. The average molecular weight is 248 g/mol. The first-order valence-electron chi connectivity index (χ1n) is 6.13. The Labute approximate surface area is 108 Å². The van der Waals surface area contributed by atoms with Crippen LogP contribution in [0.4, 0.5) is 0 Å². The van der Waals surface area contributed by atoms with E-state index >= 15 is 0 Å². The number of benzene rings is 1. The molecule has 0 spiro atoms. The summed E-state index contributed by atoms with van der Waals surface area (Å²) in [4.78, 5) is 2.22. The van der Waals surface area contributed by atoms with E-state index in [2.05, 4.69) is 11.9 Å². The number of nitrogens with zero attached hydrogens (tertiary/aromatic N) is 1. The number of likely N-dealkylation sites (N-methyl/N-ethyl adjacent to an activating group) is 1. The van der Waals surface area contributed by atoms with Crippen LogP contribution in [0.3, 0.4) is 0 Å². The molecule has 1 heterocycles. The van der Waals surface area contributed by atoms with Crippen LogP contribution in [0.15, 0.2) is 24.3 Å². The van der Waals surface area contributed by atoms with Gasteiger partial charge < -0.3 is 15.2 Å². The predicted octanol–water partition coefficient (Wildman–Crippen LogP) is 1.36. The van der Waals surface area contributed by atoms with E-state index in [0.717, 1.165) is 30.2 Å². The molecule has 1 fully saturated rings. The van der Waals surface area contributed by atoms with Crippen molar-refractivity contribution in [3.63, 3.8) is 0 Å². The first-order valence-corrected chi connectivity index (χ1v) is 6.13. The summed E-state index contributed by atoms with van der Waals surface area (Å²) in [5, 5.41) is 0. The van der Waals surface area contributed by atoms with Crippen molar-refractivity contribution in [3.05, 3.63) is 29.8 Å². The molecule has 0 bridgehead atoms. The second-order valence-corrected chi connectivity index (χ2v) is 4.48. The monoisotopic (exact) mass is 248 g/mol. The molecule has 0 atom stereocenters. The van der Waals surface area contributed by atoms with Gasteiger partial charge in [-0.3, -0.25) is 4.90 Å². The zero-order valence-corrected chi connectivity index (χ0v) is 10.9. The molecule has 0 radical (unpaired) electrons. The van der Waals surface area contributed by atoms with E-state index in [-0.39, 0.29) is 6.10 Å². The molecule has 2 N–H and O–H groups in total. The quantitative estimate of drug-likeness (QED) is 0.854. The van der Waals surface area contributed by atoms with Crippen LogP contribution in [-0.2, 0) is 0 Å². The zero-order chi connectivity index (χ0) is 13.0. The zero-order valence-electron chi connectivity index (χ0n) is 10.9. The third-order valence-electron chi connectivity index (χ3n) is 2.98. The molecular weight excluding hydrogens is 228 g/mol. The van der Waals surface area contributed by atoms with Gasteiger partial charge in [0, 0.05) is 25.2 Å². The van der Waals surface area contributed by atoms with Gasteiger partial charge in [0.05, 0.1) is 7.11 Å². The molecule has 4 heteroatoms. The SMILES string of the molecule is COc1cccc(/C=C/CN)c1OC1CN(C)C1. The van der Waals surface area contributed by atoms with Crippen LogP contribution in [0.2, 0.25) is 0 Å². The highest BCUT2D eigenvalue weighted by molar-refractivity contribution is 5.62. The lowest BCUT2D eigenvalue weighted by atomic mass is 10.1. The Balaban J connectivity index is 2.20. The van der Waals surface area contributed by atoms with Crippen molar-refractivity contribution in [2.75, 3.05) is 33.8 Å². The smallest absolute Gasteiger partial charge is 0.168 e. The van der Waals surface area contributed by atoms with Crippen LogP contribution in [0.1, 0.15) is 5.56 Å².